The van der Waals surface area contributed by atoms with Gasteiger partial charge in [0.2, 0.25) is 0 Å². The number of hydrogen-bond acceptors (Lipinski definition) is 2. The molecule has 1 saturated heterocycles. The maximum Gasteiger partial charge on any atom is 0.406 e. The lowest BCUT2D eigenvalue weighted by molar-refractivity contribution is -0.236. The van der Waals surface area contributed by atoms with Gasteiger partial charge >= 0.3 is 6.18 Å². The fourth-order valence-electron chi connectivity index (χ4n) is 2.20. The molecule has 1 fully saturated rings. The van der Waals surface area contributed by atoms with Crippen molar-refractivity contribution in [3.8, 4) is 0 Å². The summed E-state index contributed by atoms with van der Waals surface area (Å²) in [7, 11) is 0. The molecule has 0 spiro atoms. The molecule has 2 nitrogen and oxygen atoms in total. The Bertz CT molecular complexity index is 223. The van der Waals surface area contributed by atoms with Gasteiger partial charge in [-0.15, -0.1) is 0 Å². The Morgan fingerprint density at radius 3 is 2.33 bits per heavy atom. The number of rotatable bonds is 2. The molecule has 1 unspecified atom stereocenters. The third kappa shape index (κ3) is 2.64. The highest BCUT2D eigenvalue weighted by atomic mass is 19.4. The van der Waals surface area contributed by atoms with Crippen LogP contribution in [0.5, 0.6) is 0 Å². The average molecular weight is 225 g/mol. The van der Waals surface area contributed by atoms with Crippen LogP contribution in [0.2, 0.25) is 0 Å². The molecule has 1 aliphatic rings. The van der Waals surface area contributed by atoms with Crippen LogP contribution in [0.4, 0.5) is 13.2 Å². The summed E-state index contributed by atoms with van der Waals surface area (Å²) in [6.07, 6.45) is -4.25. The number of alkyl halides is 3. The van der Waals surface area contributed by atoms with E-state index in [0.717, 1.165) is 0 Å². The summed E-state index contributed by atoms with van der Waals surface area (Å²) in [6, 6.07) is 0. The van der Waals surface area contributed by atoms with Gasteiger partial charge in [0, 0.05) is 13.0 Å². The van der Waals surface area contributed by atoms with E-state index in [9.17, 15) is 13.2 Å². The summed E-state index contributed by atoms with van der Waals surface area (Å²) in [4.78, 5) is 0. The van der Waals surface area contributed by atoms with Gasteiger partial charge in [-0.25, -0.2) is 0 Å². The van der Waals surface area contributed by atoms with E-state index in [-0.39, 0.29) is 19.4 Å². The Hall–Kier alpha value is -0.290. The summed E-state index contributed by atoms with van der Waals surface area (Å²) in [6.45, 7) is 5.55. The van der Waals surface area contributed by atoms with E-state index in [4.69, 9.17) is 4.74 Å². The zero-order valence-electron chi connectivity index (χ0n) is 9.37. The molecule has 1 atom stereocenters. The van der Waals surface area contributed by atoms with Crippen molar-refractivity contribution in [2.24, 2.45) is 0 Å². The first kappa shape index (κ1) is 12.8. The Kier molecular flexibility index (Phi) is 3.36. The fourth-order valence-corrected chi connectivity index (χ4v) is 2.20. The highest BCUT2D eigenvalue weighted by Gasteiger charge is 2.57. The van der Waals surface area contributed by atoms with Crippen molar-refractivity contribution in [2.75, 3.05) is 13.2 Å². The molecule has 0 bridgehead atoms. The van der Waals surface area contributed by atoms with Gasteiger partial charge in [-0.2, -0.15) is 13.2 Å². The molecule has 1 heterocycles. The molecule has 0 aromatic heterocycles. The van der Waals surface area contributed by atoms with Gasteiger partial charge in [-0.3, -0.25) is 0 Å². The summed E-state index contributed by atoms with van der Waals surface area (Å²) < 4.78 is 44.3. The standard InChI is InChI=1S/C10H18F3NO/c1-4-14-9(10(11,12)13)5-6-15-8(2,3)7-9/h14H,4-7H2,1-3H3. The Labute approximate surface area is 88.2 Å². The maximum absolute atomic E-state index is 13.0. The Balaban J connectivity index is 2.91. The number of hydrogen-bond donors (Lipinski definition) is 1. The number of nitrogens with one attached hydrogen (secondary N) is 1. The molecular weight excluding hydrogens is 207 g/mol. The van der Waals surface area contributed by atoms with Crippen LogP contribution in [0.25, 0.3) is 0 Å². The van der Waals surface area contributed by atoms with Crippen molar-refractivity contribution in [1.29, 1.82) is 0 Å². The summed E-state index contributed by atoms with van der Waals surface area (Å²) in [5, 5.41) is 2.59. The molecule has 0 amide bonds. The second kappa shape index (κ2) is 3.94. The van der Waals surface area contributed by atoms with Crippen molar-refractivity contribution in [2.45, 2.75) is 50.9 Å². The maximum atomic E-state index is 13.0. The van der Waals surface area contributed by atoms with Gasteiger partial charge in [-0.05, 0) is 26.8 Å². The number of halogens is 3. The minimum atomic E-state index is -4.22. The molecule has 15 heavy (non-hydrogen) atoms. The van der Waals surface area contributed by atoms with E-state index in [1.165, 1.54) is 0 Å². The minimum absolute atomic E-state index is 0.00618. The molecule has 1 aliphatic heterocycles. The van der Waals surface area contributed by atoms with Crippen molar-refractivity contribution >= 4 is 0 Å². The van der Waals surface area contributed by atoms with Gasteiger partial charge in [0.1, 0.15) is 5.54 Å². The van der Waals surface area contributed by atoms with Gasteiger partial charge in [0.05, 0.1) is 5.60 Å². The van der Waals surface area contributed by atoms with Gasteiger partial charge in [0.15, 0.2) is 0 Å². The second-order valence-corrected chi connectivity index (χ2v) is 4.65. The van der Waals surface area contributed by atoms with Crippen LogP contribution >= 0.6 is 0 Å². The topological polar surface area (TPSA) is 21.3 Å². The van der Waals surface area contributed by atoms with Crippen molar-refractivity contribution < 1.29 is 17.9 Å². The fraction of sp³-hybridized carbons (Fsp3) is 1.00. The van der Waals surface area contributed by atoms with Gasteiger partial charge < -0.3 is 10.1 Å². The zero-order chi connectivity index (χ0) is 11.7. The van der Waals surface area contributed by atoms with E-state index in [1.54, 1.807) is 20.8 Å². The molecule has 1 rings (SSSR count). The highest BCUT2D eigenvalue weighted by Crippen LogP contribution is 2.42. The Morgan fingerprint density at radius 1 is 1.33 bits per heavy atom. The van der Waals surface area contributed by atoms with Crippen LogP contribution in [-0.4, -0.2) is 30.5 Å². The molecule has 5 heteroatoms. The quantitative estimate of drug-likeness (QED) is 0.779. The van der Waals surface area contributed by atoms with E-state index < -0.39 is 17.3 Å². The molecule has 1 N–H and O–H groups in total. The lowest BCUT2D eigenvalue weighted by atomic mass is 9.80. The monoisotopic (exact) mass is 225 g/mol. The molecule has 0 aromatic rings. The minimum Gasteiger partial charge on any atom is -0.375 e. The second-order valence-electron chi connectivity index (χ2n) is 4.65. The van der Waals surface area contributed by atoms with E-state index in [0.29, 0.717) is 6.54 Å². The van der Waals surface area contributed by atoms with Crippen LogP contribution in [0.1, 0.15) is 33.6 Å². The smallest absolute Gasteiger partial charge is 0.375 e. The first-order valence-electron chi connectivity index (χ1n) is 5.18. The van der Waals surface area contributed by atoms with Crippen molar-refractivity contribution in [3.05, 3.63) is 0 Å². The molecule has 0 aliphatic carbocycles. The average Bonchev–Trinajstić information content (AvgIpc) is 2.00. The third-order valence-corrected chi connectivity index (χ3v) is 2.81. The lowest BCUT2D eigenvalue weighted by Gasteiger charge is -2.46. The van der Waals surface area contributed by atoms with E-state index in [2.05, 4.69) is 5.32 Å². The molecular formula is C10H18F3NO. The van der Waals surface area contributed by atoms with Crippen LogP contribution in [-0.2, 0) is 4.74 Å². The van der Waals surface area contributed by atoms with Crippen LogP contribution in [0, 0.1) is 0 Å². The van der Waals surface area contributed by atoms with Crippen molar-refractivity contribution in [3.63, 3.8) is 0 Å². The SMILES string of the molecule is CCNC1(C(F)(F)F)CCOC(C)(C)C1. The third-order valence-electron chi connectivity index (χ3n) is 2.81. The van der Waals surface area contributed by atoms with Gasteiger partial charge in [-0.1, -0.05) is 6.92 Å². The van der Waals surface area contributed by atoms with Crippen molar-refractivity contribution in [1.82, 2.24) is 5.32 Å². The molecule has 0 saturated carbocycles. The zero-order valence-corrected chi connectivity index (χ0v) is 9.37. The van der Waals surface area contributed by atoms with E-state index in [1.807, 2.05) is 0 Å². The molecule has 0 radical (unpaired) electrons. The lowest BCUT2D eigenvalue weighted by Crippen LogP contribution is -2.63. The molecule has 0 aromatic carbocycles. The summed E-state index contributed by atoms with van der Waals surface area (Å²) in [5.74, 6) is 0. The predicted octanol–water partition coefficient (Wildman–Crippen LogP) is 2.49. The summed E-state index contributed by atoms with van der Waals surface area (Å²) >= 11 is 0. The summed E-state index contributed by atoms with van der Waals surface area (Å²) in [5.41, 5.74) is -2.49. The van der Waals surface area contributed by atoms with Crippen LogP contribution in [0.15, 0.2) is 0 Å². The van der Waals surface area contributed by atoms with E-state index >= 15 is 0 Å². The first-order chi connectivity index (χ1) is 6.72. The predicted molar refractivity (Wildman–Crippen MR) is 51.7 cm³/mol. The largest absolute Gasteiger partial charge is 0.406 e. The Morgan fingerprint density at radius 2 is 1.93 bits per heavy atom. The number of ether oxygens (including phenoxy) is 1. The van der Waals surface area contributed by atoms with Gasteiger partial charge in [0.25, 0.3) is 0 Å². The van der Waals surface area contributed by atoms with Crippen LogP contribution in [0.3, 0.4) is 0 Å². The normalized spacial score (nSPS) is 31.6. The first-order valence-corrected chi connectivity index (χ1v) is 5.18. The highest BCUT2D eigenvalue weighted by molar-refractivity contribution is 5.01. The molecule has 90 valence electrons. The van der Waals surface area contributed by atoms with Crippen LogP contribution < -0.4 is 5.32 Å².